The van der Waals surface area contributed by atoms with E-state index in [2.05, 4.69) is 5.32 Å². The number of nitrogens with one attached hydrogen (secondary N) is 1. The van der Waals surface area contributed by atoms with Crippen LogP contribution in [0.3, 0.4) is 0 Å². The van der Waals surface area contributed by atoms with Crippen molar-refractivity contribution in [2.24, 2.45) is 0 Å². The second-order valence-corrected chi connectivity index (χ2v) is 5.03. The van der Waals surface area contributed by atoms with Gasteiger partial charge in [-0.05, 0) is 18.4 Å². The van der Waals surface area contributed by atoms with Crippen LogP contribution in [0.1, 0.15) is 43.8 Å². The molecule has 98 valence electrons. The van der Waals surface area contributed by atoms with Crippen LogP contribution < -0.4 is 5.32 Å². The number of hydrogen-bond donors (Lipinski definition) is 2. The highest BCUT2D eigenvalue weighted by Gasteiger charge is 2.11. The highest BCUT2D eigenvalue weighted by Crippen LogP contribution is 2.17. The molecule has 1 saturated carbocycles. The summed E-state index contributed by atoms with van der Waals surface area (Å²) in [5.41, 5.74) is 0.950. The summed E-state index contributed by atoms with van der Waals surface area (Å²) < 4.78 is 0. The second-order valence-electron chi connectivity index (χ2n) is 5.03. The third kappa shape index (κ3) is 4.28. The molecule has 0 bridgehead atoms. The normalized spacial score (nSPS) is 19.2. The van der Waals surface area contributed by atoms with Gasteiger partial charge in [-0.1, -0.05) is 61.7 Å². The topological polar surface area (TPSA) is 32.3 Å². The zero-order valence-corrected chi connectivity index (χ0v) is 10.9. The van der Waals surface area contributed by atoms with Crippen molar-refractivity contribution in [1.82, 2.24) is 5.32 Å². The SMILES string of the molecule is OC(/C=C\CNC1CCCCC1)c1ccccc1. The largest absolute Gasteiger partial charge is 0.384 e. The van der Waals surface area contributed by atoms with Gasteiger partial charge >= 0.3 is 0 Å². The summed E-state index contributed by atoms with van der Waals surface area (Å²) in [6.45, 7) is 0.856. The van der Waals surface area contributed by atoms with Gasteiger partial charge < -0.3 is 10.4 Å². The Morgan fingerprint density at radius 2 is 1.89 bits per heavy atom. The lowest BCUT2D eigenvalue weighted by Crippen LogP contribution is -2.30. The van der Waals surface area contributed by atoms with Gasteiger partial charge in [-0.2, -0.15) is 0 Å². The van der Waals surface area contributed by atoms with Gasteiger partial charge in [0.25, 0.3) is 0 Å². The van der Waals surface area contributed by atoms with Crippen molar-refractivity contribution in [2.45, 2.75) is 44.2 Å². The smallest absolute Gasteiger partial charge is 0.0972 e. The van der Waals surface area contributed by atoms with Crippen molar-refractivity contribution in [3.05, 3.63) is 48.0 Å². The Balaban J connectivity index is 1.70. The van der Waals surface area contributed by atoms with E-state index in [9.17, 15) is 5.11 Å². The lowest BCUT2D eigenvalue weighted by molar-refractivity contribution is 0.228. The van der Waals surface area contributed by atoms with Crippen molar-refractivity contribution in [3.63, 3.8) is 0 Å². The zero-order chi connectivity index (χ0) is 12.6. The molecule has 2 heteroatoms. The standard InChI is InChI=1S/C16H23NO/c18-16(14-8-3-1-4-9-14)12-7-13-17-15-10-5-2-6-11-15/h1,3-4,7-9,12,15-18H,2,5-6,10-11,13H2/b12-7-. The van der Waals surface area contributed by atoms with Gasteiger partial charge in [0.15, 0.2) is 0 Å². The van der Waals surface area contributed by atoms with Crippen LogP contribution >= 0.6 is 0 Å². The Labute approximate surface area is 110 Å². The van der Waals surface area contributed by atoms with Crippen molar-refractivity contribution in [3.8, 4) is 0 Å². The Hall–Kier alpha value is -1.12. The Morgan fingerprint density at radius 3 is 2.61 bits per heavy atom. The van der Waals surface area contributed by atoms with Crippen LogP contribution in [0.15, 0.2) is 42.5 Å². The first-order valence-corrected chi connectivity index (χ1v) is 6.99. The summed E-state index contributed by atoms with van der Waals surface area (Å²) in [4.78, 5) is 0. The molecular formula is C16H23NO. The quantitative estimate of drug-likeness (QED) is 0.781. The van der Waals surface area contributed by atoms with E-state index in [1.807, 2.05) is 42.5 Å². The third-order valence-corrected chi connectivity index (χ3v) is 3.59. The van der Waals surface area contributed by atoms with Crippen LogP contribution in [0.25, 0.3) is 0 Å². The minimum Gasteiger partial charge on any atom is -0.384 e. The summed E-state index contributed by atoms with van der Waals surface area (Å²) >= 11 is 0. The first-order chi connectivity index (χ1) is 8.86. The molecule has 0 aromatic heterocycles. The fourth-order valence-corrected chi connectivity index (χ4v) is 2.50. The monoisotopic (exact) mass is 245 g/mol. The Bertz CT molecular complexity index is 355. The molecule has 1 fully saturated rings. The summed E-state index contributed by atoms with van der Waals surface area (Å²) in [6, 6.07) is 10.4. The number of hydrogen-bond acceptors (Lipinski definition) is 2. The van der Waals surface area contributed by atoms with E-state index in [1.54, 1.807) is 0 Å². The van der Waals surface area contributed by atoms with Crippen LogP contribution in [-0.4, -0.2) is 17.7 Å². The molecule has 18 heavy (non-hydrogen) atoms. The molecule has 1 aliphatic carbocycles. The minimum absolute atomic E-state index is 0.487. The average Bonchev–Trinajstić information content (AvgIpc) is 2.45. The lowest BCUT2D eigenvalue weighted by atomic mass is 9.95. The van der Waals surface area contributed by atoms with Gasteiger partial charge in [0.05, 0.1) is 6.10 Å². The molecule has 0 aliphatic heterocycles. The highest BCUT2D eigenvalue weighted by molar-refractivity contribution is 5.20. The van der Waals surface area contributed by atoms with E-state index in [0.29, 0.717) is 6.04 Å². The molecule has 1 aliphatic rings. The van der Waals surface area contributed by atoms with E-state index >= 15 is 0 Å². The van der Waals surface area contributed by atoms with E-state index < -0.39 is 6.10 Å². The highest BCUT2D eigenvalue weighted by atomic mass is 16.3. The maximum atomic E-state index is 9.94. The van der Waals surface area contributed by atoms with E-state index in [0.717, 1.165) is 12.1 Å². The van der Waals surface area contributed by atoms with Crippen LogP contribution in [0.4, 0.5) is 0 Å². The molecular weight excluding hydrogens is 222 g/mol. The molecule has 0 spiro atoms. The zero-order valence-electron chi connectivity index (χ0n) is 10.9. The molecule has 0 heterocycles. The van der Waals surface area contributed by atoms with Gasteiger partial charge in [0.2, 0.25) is 0 Å². The maximum Gasteiger partial charge on any atom is 0.0972 e. The summed E-state index contributed by atoms with van der Waals surface area (Å²) in [7, 11) is 0. The molecule has 1 aromatic carbocycles. The van der Waals surface area contributed by atoms with Crippen molar-refractivity contribution in [1.29, 1.82) is 0 Å². The summed E-state index contributed by atoms with van der Waals surface area (Å²) in [6.07, 6.45) is 10.1. The van der Waals surface area contributed by atoms with Crippen LogP contribution in [0.2, 0.25) is 0 Å². The number of benzene rings is 1. The van der Waals surface area contributed by atoms with Gasteiger partial charge in [-0.15, -0.1) is 0 Å². The van der Waals surface area contributed by atoms with E-state index in [4.69, 9.17) is 0 Å². The molecule has 1 aromatic rings. The number of aliphatic hydroxyl groups is 1. The molecule has 1 unspecified atom stereocenters. The molecule has 0 saturated heterocycles. The first kappa shape index (κ1) is 13.3. The predicted molar refractivity (Wildman–Crippen MR) is 75.4 cm³/mol. The Morgan fingerprint density at radius 1 is 1.17 bits per heavy atom. The average molecular weight is 245 g/mol. The molecule has 2 N–H and O–H groups in total. The number of aliphatic hydroxyl groups excluding tert-OH is 1. The molecule has 2 rings (SSSR count). The number of rotatable bonds is 5. The molecule has 0 radical (unpaired) electrons. The van der Waals surface area contributed by atoms with E-state index in [1.165, 1.54) is 32.1 Å². The second kappa shape index (κ2) is 7.34. The third-order valence-electron chi connectivity index (χ3n) is 3.59. The molecule has 2 nitrogen and oxygen atoms in total. The molecule has 1 atom stereocenters. The van der Waals surface area contributed by atoms with Crippen molar-refractivity contribution < 1.29 is 5.11 Å². The van der Waals surface area contributed by atoms with Gasteiger partial charge in [-0.3, -0.25) is 0 Å². The van der Waals surface area contributed by atoms with Gasteiger partial charge in [-0.25, -0.2) is 0 Å². The minimum atomic E-state index is -0.487. The summed E-state index contributed by atoms with van der Waals surface area (Å²) in [5, 5.41) is 13.5. The Kier molecular flexibility index (Phi) is 5.43. The maximum absolute atomic E-state index is 9.94. The van der Waals surface area contributed by atoms with Gasteiger partial charge in [0.1, 0.15) is 0 Å². The van der Waals surface area contributed by atoms with Crippen LogP contribution in [0, 0.1) is 0 Å². The lowest BCUT2D eigenvalue weighted by Gasteiger charge is -2.22. The van der Waals surface area contributed by atoms with Crippen LogP contribution in [-0.2, 0) is 0 Å². The fraction of sp³-hybridized carbons (Fsp3) is 0.500. The first-order valence-electron chi connectivity index (χ1n) is 6.99. The van der Waals surface area contributed by atoms with E-state index in [-0.39, 0.29) is 0 Å². The summed E-state index contributed by atoms with van der Waals surface area (Å²) in [5.74, 6) is 0. The van der Waals surface area contributed by atoms with Crippen LogP contribution in [0.5, 0.6) is 0 Å². The fourth-order valence-electron chi connectivity index (χ4n) is 2.50. The van der Waals surface area contributed by atoms with Gasteiger partial charge in [0, 0.05) is 12.6 Å². The van der Waals surface area contributed by atoms with Crippen molar-refractivity contribution in [2.75, 3.05) is 6.54 Å². The predicted octanol–water partition coefficient (Wildman–Crippen LogP) is 3.20. The van der Waals surface area contributed by atoms with Crippen molar-refractivity contribution >= 4 is 0 Å². The molecule has 0 amide bonds.